The highest BCUT2D eigenvalue weighted by Gasteiger charge is 2.20. The van der Waals surface area contributed by atoms with Crippen LogP contribution in [0.15, 0.2) is 34.7 Å². The molecule has 1 aliphatic rings. The molecule has 19 heavy (non-hydrogen) atoms. The number of fused-ring (bicyclic) bond motifs is 1. The molecule has 3 N–H and O–H groups in total. The molecular formula is C16H22N2O. The second-order valence-corrected chi connectivity index (χ2v) is 5.51. The number of nitrogens with one attached hydrogen (secondary N) is 1. The highest BCUT2D eigenvalue weighted by Crippen LogP contribution is 2.33. The summed E-state index contributed by atoms with van der Waals surface area (Å²) in [7, 11) is 0. The van der Waals surface area contributed by atoms with Crippen molar-refractivity contribution in [1.82, 2.24) is 5.32 Å². The summed E-state index contributed by atoms with van der Waals surface area (Å²) in [6, 6.07) is 10.3. The highest BCUT2D eigenvalue weighted by molar-refractivity contribution is 5.77. The molecular weight excluding hydrogens is 236 g/mol. The van der Waals surface area contributed by atoms with Gasteiger partial charge in [0.15, 0.2) is 0 Å². The van der Waals surface area contributed by atoms with Crippen LogP contribution in [0.25, 0.3) is 11.0 Å². The van der Waals surface area contributed by atoms with Gasteiger partial charge in [0.1, 0.15) is 11.3 Å². The smallest absolute Gasteiger partial charge is 0.134 e. The first-order chi connectivity index (χ1) is 9.36. The number of hydrogen-bond acceptors (Lipinski definition) is 3. The average Bonchev–Trinajstić information content (AvgIpc) is 3.16. The zero-order valence-corrected chi connectivity index (χ0v) is 11.3. The first-order valence-electron chi connectivity index (χ1n) is 7.29. The lowest BCUT2D eigenvalue weighted by Crippen LogP contribution is -2.28. The SMILES string of the molecule is NCC(NCCCC1CC1)c1cc2ccccc2o1. The molecule has 1 fully saturated rings. The van der Waals surface area contributed by atoms with E-state index >= 15 is 0 Å². The Hall–Kier alpha value is -1.32. The maximum Gasteiger partial charge on any atom is 0.134 e. The summed E-state index contributed by atoms with van der Waals surface area (Å²) in [5.41, 5.74) is 6.80. The normalized spacial score (nSPS) is 16.9. The zero-order valence-electron chi connectivity index (χ0n) is 11.3. The van der Waals surface area contributed by atoms with E-state index in [1.165, 1.54) is 25.7 Å². The van der Waals surface area contributed by atoms with E-state index in [4.69, 9.17) is 10.2 Å². The number of para-hydroxylation sites is 1. The largest absolute Gasteiger partial charge is 0.459 e. The van der Waals surface area contributed by atoms with Gasteiger partial charge in [0.25, 0.3) is 0 Å². The Balaban J connectivity index is 1.59. The van der Waals surface area contributed by atoms with Crippen LogP contribution in [-0.2, 0) is 0 Å². The first-order valence-corrected chi connectivity index (χ1v) is 7.29. The molecule has 1 atom stereocenters. The van der Waals surface area contributed by atoms with Crippen molar-refractivity contribution in [2.45, 2.75) is 31.7 Å². The molecule has 1 saturated carbocycles. The molecule has 3 nitrogen and oxygen atoms in total. The summed E-state index contributed by atoms with van der Waals surface area (Å²) in [4.78, 5) is 0. The van der Waals surface area contributed by atoms with Crippen molar-refractivity contribution in [3.63, 3.8) is 0 Å². The van der Waals surface area contributed by atoms with Gasteiger partial charge in [0, 0.05) is 11.9 Å². The van der Waals surface area contributed by atoms with E-state index in [1.807, 2.05) is 18.2 Å². The molecule has 0 bridgehead atoms. The molecule has 1 heterocycles. The van der Waals surface area contributed by atoms with E-state index in [2.05, 4.69) is 17.4 Å². The van der Waals surface area contributed by atoms with Gasteiger partial charge >= 0.3 is 0 Å². The zero-order chi connectivity index (χ0) is 13.1. The molecule has 1 aromatic carbocycles. The van der Waals surface area contributed by atoms with Crippen molar-refractivity contribution >= 4 is 11.0 Å². The van der Waals surface area contributed by atoms with E-state index in [0.717, 1.165) is 29.2 Å². The van der Waals surface area contributed by atoms with Crippen LogP contribution in [0.1, 0.15) is 37.5 Å². The summed E-state index contributed by atoms with van der Waals surface area (Å²) in [6.07, 6.45) is 5.46. The third-order valence-electron chi connectivity index (χ3n) is 3.90. The lowest BCUT2D eigenvalue weighted by Gasteiger charge is -2.14. The molecule has 1 aliphatic carbocycles. The maximum absolute atomic E-state index is 5.87. The maximum atomic E-state index is 5.87. The molecule has 0 aliphatic heterocycles. The number of nitrogens with two attached hydrogens (primary N) is 1. The van der Waals surface area contributed by atoms with Crippen LogP contribution in [0.5, 0.6) is 0 Å². The van der Waals surface area contributed by atoms with Gasteiger partial charge in [-0.15, -0.1) is 0 Å². The van der Waals surface area contributed by atoms with Gasteiger partial charge in [-0.05, 0) is 37.4 Å². The Bertz CT molecular complexity index is 497. The minimum Gasteiger partial charge on any atom is -0.459 e. The van der Waals surface area contributed by atoms with Gasteiger partial charge in [-0.25, -0.2) is 0 Å². The molecule has 1 unspecified atom stereocenters. The number of benzene rings is 1. The lowest BCUT2D eigenvalue weighted by molar-refractivity contribution is 0.427. The van der Waals surface area contributed by atoms with Crippen molar-refractivity contribution in [2.75, 3.05) is 13.1 Å². The van der Waals surface area contributed by atoms with Crippen LogP contribution in [0.4, 0.5) is 0 Å². The molecule has 0 radical (unpaired) electrons. The van der Waals surface area contributed by atoms with E-state index in [-0.39, 0.29) is 6.04 Å². The third kappa shape index (κ3) is 3.17. The fraction of sp³-hybridized carbons (Fsp3) is 0.500. The van der Waals surface area contributed by atoms with E-state index in [0.29, 0.717) is 6.54 Å². The summed E-state index contributed by atoms with van der Waals surface area (Å²) in [5.74, 6) is 1.96. The van der Waals surface area contributed by atoms with E-state index < -0.39 is 0 Å². The van der Waals surface area contributed by atoms with Crippen molar-refractivity contribution in [3.8, 4) is 0 Å². The lowest BCUT2D eigenvalue weighted by atomic mass is 10.1. The van der Waals surface area contributed by atoms with Gasteiger partial charge in [0.05, 0.1) is 6.04 Å². The Labute approximate surface area is 114 Å². The molecule has 0 amide bonds. The minimum atomic E-state index is 0.131. The summed E-state index contributed by atoms with van der Waals surface area (Å²) >= 11 is 0. The fourth-order valence-electron chi connectivity index (χ4n) is 2.55. The van der Waals surface area contributed by atoms with Crippen LogP contribution in [0.2, 0.25) is 0 Å². The average molecular weight is 258 g/mol. The van der Waals surface area contributed by atoms with Crippen LogP contribution in [0, 0.1) is 5.92 Å². The monoisotopic (exact) mass is 258 g/mol. The molecule has 3 heteroatoms. The molecule has 102 valence electrons. The van der Waals surface area contributed by atoms with Gasteiger partial charge < -0.3 is 15.5 Å². The Morgan fingerprint density at radius 1 is 1.32 bits per heavy atom. The minimum absolute atomic E-state index is 0.131. The van der Waals surface area contributed by atoms with E-state index in [9.17, 15) is 0 Å². The second kappa shape index (κ2) is 5.76. The van der Waals surface area contributed by atoms with Gasteiger partial charge in [-0.2, -0.15) is 0 Å². The predicted molar refractivity (Wildman–Crippen MR) is 78.0 cm³/mol. The first kappa shape index (κ1) is 12.7. The van der Waals surface area contributed by atoms with E-state index in [1.54, 1.807) is 0 Å². The van der Waals surface area contributed by atoms with Crippen LogP contribution in [0.3, 0.4) is 0 Å². The van der Waals surface area contributed by atoms with Crippen molar-refractivity contribution in [1.29, 1.82) is 0 Å². The third-order valence-corrected chi connectivity index (χ3v) is 3.90. The van der Waals surface area contributed by atoms with Crippen LogP contribution in [-0.4, -0.2) is 13.1 Å². The standard InChI is InChI=1S/C16H22N2O/c17-11-14(18-9-3-4-12-7-8-12)16-10-13-5-1-2-6-15(13)19-16/h1-2,5-6,10,12,14,18H,3-4,7-9,11,17H2. The second-order valence-electron chi connectivity index (χ2n) is 5.51. The van der Waals surface area contributed by atoms with Gasteiger partial charge in [-0.1, -0.05) is 31.0 Å². The number of rotatable bonds is 7. The van der Waals surface area contributed by atoms with Gasteiger partial charge in [-0.3, -0.25) is 0 Å². The summed E-state index contributed by atoms with van der Waals surface area (Å²) in [5, 5.41) is 4.66. The quantitative estimate of drug-likeness (QED) is 0.750. The Morgan fingerprint density at radius 2 is 2.16 bits per heavy atom. The molecule has 1 aromatic heterocycles. The van der Waals surface area contributed by atoms with Crippen molar-refractivity contribution in [2.24, 2.45) is 11.7 Å². The summed E-state index contributed by atoms with van der Waals surface area (Å²) < 4.78 is 5.87. The van der Waals surface area contributed by atoms with Crippen LogP contribution >= 0.6 is 0 Å². The molecule has 0 saturated heterocycles. The van der Waals surface area contributed by atoms with Gasteiger partial charge in [0.2, 0.25) is 0 Å². The Morgan fingerprint density at radius 3 is 2.89 bits per heavy atom. The highest BCUT2D eigenvalue weighted by atomic mass is 16.3. The molecule has 2 aromatic rings. The Kier molecular flexibility index (Phi) is 3.85. The van der Waals surface area contributed by atoms with Crippen molar-refractivity contribution in [3.05, 3.63) is 36.1 Å². The molecule has 3 rings (SSSR count). The number of hydrogen-bond donors (Lipinski definition) is 2. The summed E-state index contributed by atoms with van der Waals surface area (Å²) in [6.45, 7) is 1.60. The predicted octanol–water partition coefficient (Wildman–Crippen LogP) is 3.21. The topological polar surface area (TPSA) is 51.2 Å². The van der Waals surface area contributed by atoms with Crippen LogP contribution < -0.4 is 11.1 Å². The molecule has 0 spiro atoms. The van der Waals surface area contributed by atoms with Crippen molar-refractivity contribution < 1.29 is 4.42 Å². The number of furan rings is 1. The fourth-order valence-corrected chi connectivity index (χ4v) is 2.55.